The van der Waals surface area contributed by atoms with Gasteiger partial charge in [-0.3, -0.25) is 0 Å². The van der Waals surface area contributed by atoms with E-state index in [1.54, 1.807) is 0 Å². The molecule has 0 fully saturated rings. The molecule has 0 atom stereocenters. The zero-order valence-corrected chi connectivity index (χ0v) is 7.19. The van der Waals surface area contributed by atoms with Crippen molar-refractivity contribution in [3.8, 4) is 0 Å². The van der Waals surface area contributed by atoms with Gasteiger partial charge in [-0.25, -0.2) is 4.98 Å². The first-order chi connectivity index (χ1) is 4.86. The first kappa shape index (κ1) is 6.18. The van der Waals surface area contributed by atoms with Gasteiger partial charge in [-0.05, 0) is 39.6 Å². The summed E-state index contributed by atoms with van der Waals surface area (Å²) in [6, 6.07) is 3.82. The SMILES string of the molecule is Brc1ccc2snnc2n1. The smallest absolute Gasteiger partial charge is 0.195 e. The Morgan fingerprint density at radius 2 is 2.30 bits per heavy atom. The maximum atomic E-state index is 4.09. The second kappa shape index (κ2) is 2.25. The zero-order chi connectivity index (χ0) is 6.97. The Morgan fingerprint density at radius 3 is 3.20 bits per heavy atom. The lowest BCUT2D eigenvalue weighted by Gasteiger charge is -1.84. The van der Waals surface area contributed by atoms with Crippen LogP contribution in [0.1, 0.15) is 0 Å². The Hall–Kier alpha value is -0.550. The largest absolute Gasteiger partial charge is 0.219 e. The molecule has 0 bridgehead atoms. The number of rotatable bonds is 0. The lowest BCUT2D eigenvalue weighted by atomic mass is 10.5. The molecule has 5 heteroatoms. The van der Waals surface area contributed by atoms with E-state index < -0.39 is 0 Å². The Labute approximate surface area is 69.4 Å². The fraction of sp³-hybridized carbons (Fsp3) is 0. The molecule has 2 heterocycles. The molecule has 50 valence electrons. The number of fused-ring (bicyclic) bond motifs is 1. The summed E-state index contributed by atoms with van der Waals surface area (Å²) in [6.07, 6.45) is 0. The van der Waals surface area contributed by atoms with Crippen molar-refractivity contribution in [3.05, 3.63) is 16.7 Å². The van der Waals surface area contributed by atoms with E-state index in [9.17, 15) is 0 Å². The Bertz CT molecular complexity index is 358. The first-order valence-electron chi connectivity index (χ1n) is 2.61. The van der Waals surface area contributed by atoms with Crippen LogP contribution in [0.25, 0.3) is 10.3 Å². The third-order valence-corrected chi connectivity index (χ3v) is 2.20. The van der Waals surface area contributed by atoms with Gasteiger partial charge in [0.2, 0.25) is 0 Å². The van der Waals surface area contributed by atoms with E-state index in [4.69, 9.17) is 0 Å². The van der Waals surface area contributed by atoms with E-state index in [1.807, 2.05) is 12.1 Å². The third kappa shape index (κ3) is 0.911. The summed E-state index contributed by atoms with van der Waals surface area (Å²) >= 11 is 4.59. The number of aromatic nitrogens is 3. The van der Waals surface area contributed by atoms with Gasteiger partial charge in [-0.1, -0.05) is 4.49 Å². The number of halogens is 1. The van der Waals surface area contributed by atoms with Gasteiger partial charge in [-0.15, -0.1) is 5.10 Å². The van der Waals surface area contributed by atoms with Crippen molar-refractivity contribution in [1.82, 2.24) is 14.6 Å². The lowest BCUT2D eigenvalue weighted by Crippen LogP contribution is -1.75. The van der Waals surface area contributed by atoms with E-state index >= 15 is 0 Å². The first-order valence-corrected chi connectivity index (χ1v) is 4.17. The number of nitrogens with zero attached hydrogens (tertiary/aromatic N) is 3. The van der Waals surface area contributed by atoms with Gasteiger partial charge >= 0.3 is 0 Å². The molecule has 0 unspecified atom stereocenters. The molecule has 0 aliphatic carbocycles. The van der Waals surface area contributed by atoms with Gasteiger partial charge in [0.1, 0.15) is 4.60 Å². The molecule has 0 N–H and O–H groups in total. The standard InChI is InChI=1S/C5H2BrN3S/c6-4-2-1-3-5(7-4)8-9-10-3/h1-2H. The summed E-state index contributed by atoms with van der Waals surface area (Å²) in [5.41, 5.74) is 0.708. The average molecular weight is 216 g/mol. The number of hydrogen-bond donors (Lipinski definition) is 0. The van der Waals surface area contributed by atoms with Crippen molar-refractivity contribution in [1.29, 1.82) is 0 Å². The maximum absolute atomic E-state index is 4.09. The van der Waals surface area contributed by atoms with Crippen molar-refractivity contribution in [3.63, 3.8) is 0 Å². The third-order valence-electron chi connectivity index (χ3n) is 1.08. The Morgan fingerprint density at radius 1 is 1.40 bits per heavy atom. The van der Waals surface area contributed by atoms with Gasteiger partial charge in [0.05, 0.1) is 4.70 Å². The van der Waals surface area contributed by atoms with Gasteiger partial charge < -0.3 is 0 Å². The monoisotopic (exact) mass is 215 g/mol. The second-order valence-electron chi connectivity index (χ2n) is 1.73. The molecular weight excluding hydrogens is 214 g/mol. The maximum Gasteiger partial charge on any atom is 0.195 e. The predicted molar refractivity (Wildman–Crippen MR) is 42.9 cm³/mol. The topological polar surface area (TPSA) is 38.7 Å². The van der Waals surface area contributed by atoms with Gasteiger partial charge in [0.25, 0.3) is 0 Å². The molecule has 2 rings (SSSR count). The molecule has 0 saturated carbocycles. The quantitative estimate of drug-likeness (QED) is 0.630. The van der Waals surface area contributed by atoms with Crippen molar-refractivity contribution < 1.29 is 0 Å². The molecule has 10 heavy (non-hydrogen) atoms. The molecule has 0 aliphatic rings. The van der Waals surface area contributed by atoms with Gasteiger partial charge in [0.15, 0.2) is 5.65 Å². The molecule has 2 aromatic heterocycles. The molecule has 2 aromatic rings. The minimum atomic E-state index is 0.708. The van der Waals surface area contributed by atoms with Crippen molar-refractivity contribution >= 4 is 37.8 Å². The van der Waals surface area contributed by atoms with Gasteiger partial charge in [-0.2, -0.15) is 0 Å². The minimum Gasteiger partial charge on any atom is -0.219 e. The van der Waals surface area contributed by atoms with Crippen LogP contribution < -0.4 is 0 Å². The molecule has 0 radical (unpaired) electrons. The average Bonchev–Trinajstić information content (AvgIpc) is 2.33. The van der Waals surface area contributed by atoms with Crippen LogP contribution in [0, 0.1) is 0 Å². The normalized spacial score (nSPS) is 10.5. The molecule has 0 aromatic carbocycles. The fourth-order valence-electron chi connectivity index (χ4n) is 0.658. The molecule has 0 amide bonds. The summed E-state index contributed by atoms with van der Waals surface area (Å²) in [5, 5.41) is 3.81. The van der Waals surface area contributed by atoms with Gasteiger partial charge in [0, 0.05) is 0 Å². The fourth-order valence-corrected chi connectivity index (χ4v) is 1.46. The Kier molecular flexibility index (Phi) is 1.39. The molecular formula is C5H2BrN3S. The molecule has 3 nitrogen and oxygen atoms in total. The number of hydrogen-bond acceptors (Lipinski definition) is 4. The highest BCUT2D eigenvalue weighted by atomic mass is 79.9. The van der Waals surface area contributed by atoms with E-state index in [0.29, 0.717) is 5.65 Å². The predicted octanol–water partition coefficient (Wildman–Crippen LogP) is 1.85. The number of pyridine rings is 1. The van der Waals surface area contributed by atoms with Crippen molar-refractivity contribution in [2.75, 3.05) is 0 Å². The molecule has 0 saturated heterocycles. The lowest BCUT2D eigenvalue weighted by molar-refractivity contribution is 1.15. The van der Waals surface area contributed by atoms with E-state index in [-0.39, 0.29) is 0 Å². The second-order valence-corrected chi connectivity index (χ2v) is 3.33. The van der Waals surface area contributed by atoms with E-state index in [0.717, 1.165) is 9.30 Å². The van der Waals surface area contributed by atoms with Crippen LogP contribution in [0.3, 0.4) is 0 Å². The zero-order valence-electron chi connectivity index (χ0n) is 4.78. The van der Waals surface area contributed by atoms with E-state index in [2.05, 4.69) is 30.5 Å². The molecule has 0 aliphatic heterocycles. The minimum absolute atomic E-state index is 0.708. The highest BCUT2D eigenvalue weighted by Crippen LogP contribution is 2.15. The summed E-state index contributed by atoms with van der Waals surface area (Å²) in [4.78, 5) is 4.09. The highest BCUT2D eigenvalue weighted by molar-refractivity contribution is 9.10. The van der Waals surface area contributed by atoms with Crippen LogP contribution in [-0.2, 0) is 0 Å². The van der Waals surface area contributed by atoms with E-state index in [1.165, 1.54) is 11.5 Å². The van der Waals surface area contributed by atoms with Crippen LogP contribution in [0.5, 0.6) is 0 Å². The van der Waals surface area contributed by atoms with Crippen molar-refractivity contribution in [2.24, 2.45) is 0 Å². The van der Waals surface area contributed by atoms with Crippen molar-refractivity contribution in [2.45, 2.75) is 0 Å². The molecule has 0 spiro atoms. The summed E-state index contributed by atoms with van der Waals surface area (Å²) < 4.78 is 5.57. The Balaban J connectivity index is 2.86. The van der Waals surface area contributed by atoms with Crippen LogP contribution in [0.4, 0.5) is 0 Å². The summed E-state index contributed by atoms with van der Waals surface area (Å²) in [7, 11) is 0. The van der Waals surface area contributed by atoms with Crippen LogP contribution in [0.15, 0.2) is 16.7 Å². The summed E-state index contributed by atoms with van der Waals surface area (Å²) in [6.45, 7) is 0. The van der Waals surface area contributed by atoms with Crippen LogP contribution in [0.2, 0.25) is 0 Å². The highest BCUT2D eigenvalue weighted by Gasteiger charge is 1.97. The van der Waals surface area contributed by atoms with Crippen LogP contribution in [-0.4, -0.2) is 14.6 Å². The van der Waals surface area contributed by atoms with Crippen LogP contribution >= 0.6 is 27.5 Å². The summed E-state index contributed by atoms with van der Waals surface area (Å²) in [5.74, 6) is 0.